The van der Waals surface area contributed by atoms with Crippen molar-refractivity contribution in [3.8, 4) is 10.6 Å². The zero-order chi connectivity index (χ0) is 23.8. The fourth-order valence-electron chi connectivity index (χ4n) is 4.11. The number of Topliss-reactive ketones (excluding diaryl/α,β-unsaturated/α-hetero) is 1. The van der Waals surface area contributed by atoms with Crippen LogP contribution in [0.4, 0.5) is 0 Å². The summed E-state index contributed by atoms with van der Waals surface area (Å²) in [6.45, 7) is 3.96. The highest BCUT2D eigenvalue weighted by Gasteiger charge is 2.45. The number of benzene rings is 1. The van der Waals surface area contributed by atoms with Crippen molar-refractivity contribution in [2.24, 2.45) is 0 Å². The van der Waals surface area contributed by atoms with E-state index in [0.29, 0.717) is 10.6 Å². The lowest BCUT2D eigenvalue weighted by atomic mass is 9.98. The summed E-state index contributed by atoms with van der Waals surface area (Å²) >= 11 is 2.75. The molecule has 3 aromatic heterocycles. The predicted molar refractivity (Wildman–Crippen MR) is 133 cm³/mol. The second kappa shape index (κ2) is 8.96. The van der Waals surface area contributed by atoms with Crippen LogP contribution in [0, 0.1) is 13.8 Å². The van der Waals surface area contributed by atoms with Crippen LogP contribution in [0.25, 0.3) is 10.6 Å². The van der Waals surface area contributed by atoms with E-state index in [1.54, 1.807) is 30.3 Å². The topological polar surface area (TPSA) is 83.4 Å². The van der Waals surface area contributed by atoms with Gasteiger partial charge in [0.15, 0.2) is 5.76 Å². The van der Waals surface area contributed by atoms with Gasteiger partial charge in [-0.2, -0.15) is 0 Å². The molecule has 0 fully saturated rings. The molecule has 0 aliphatic carbocycles. The molecule has 0 saturated heterocycles. The molecule has 0 bridgehead atoms. The van der Waals surface area contributed by atoms with E-state index in [2.05, 4.69) is 9.97 Å². The second-order valence-corrected chi connectivity index (χ2v) is 10.0. The molecule has 8 heteroatoms. The van der Waals surface area contributed by atoms with Crippen LogP contribution in [0.15, 0.2) is 77.6 Å². The highest BCUT2D eigenvalue weighted by molar-refractivity contribution is 7.17. The Balaban J connectivity index is 1.58. The Kier molecular flexibility index (Phi) is 5.85. The maximum absolute atomic E-state index is 13.8. The molecule has 34 heavy (non-hydrogen) atoms. The molecule has 0 spiro atoms. The molecule has 4 heterocycles. The summed E-state index contributed by atoms with van der Waals surface area (Å²) in [4.78, 5) is 38.6. The lowest BCUT2D eigenvalue weighted by Crippen LogP contribution is -2.30. The minimum atomic E-state index is -0.679. The molecular weight excluding hydrogens is 466 g/mol. The lowest BCUT2D eigenvalue weighted by Gasteiger charge is -2.26. The van der Waals surface area contributed by atoms with Crippen LogP contribution in [-0.4, -0.2) is 31.7 Å². The smallest absolute Gasteiger partial charge is 0.290 e. The van der Waals surface area contributed by atoms with Gasteiger partial charge in [-0.1, -0.05) is 36.4 Å². The Morgan fingerprint density at radius 3 is 2.59 bits per heavy atom. The van der Waals surface area contributed by atoms with E-state index in [1.165, 1.54) is 22.7 Å². The Labute approximate surface area is 204 Å². The molecule has 1 atom stereocenters. The minimum Gasteiger partial charge on any atom is -0.503 e. The highest BCUT2D eigenvalue weighted by atomic mass is 32.1. The van der Waals surface area contributed by atoms with Gasteiger partial charge in [-0.15, -0.1) is 22.7 Å². The van der Waals surface area contributed by atoms with E-state index in [1.807, 2.05) is 54.8 Å². The minimum absolute atomic E-state index is 0.103. The summed E-state index contributed by atoms with van der Waals surface area (Å²) in [5, 5.41) is 13.6. The molecule has 0 radical (unpaired) electrons. The summed E-state index contributed by atoms with van der Waals surface area (Å²) in [7, 11) is 0. The zero-order valence-corrected chi connectivity index (χ0v) is 20.2. The number of thiazole rings is 1. The molecular formula is C26H21N3O3S2. The number of hydrogen-bond acceptors (Lipinski definition) is 7. The van der Waals surface area contributed by atoms with Crippen LogP contribution in [0.5, 0.6) is 0 Å². The number of thiophene rings is 1. The fourth-order valence-corrected chi connectivity index (χ4v) is 6.18. The van der Waals surface area contributed by atoms with Crippen molar-refractivity contribution in [1.29, 1.82) is 0 Å². The first-order valence-corrected chi connectivity index (χ1v) is 12.4. The summed E-state index contributed by atoms with van der Waals surface area (Å²) in [5.41, 5.74) is 3.38. The van der Waals surface area contributed by atoms with Gasteiger partial charge in [-0.3, -0.25) is 14.6 Å². The molecule has 5 rings (SSSR count). The number of amides is 1. The third-order valence-corrected chi connectivity index (χ3v) is 8.07. The van der Waals surface area contributed by atoms with E-state index in [9.17, 15) is 14.7 Å². The Hall–Kier alpha value is -3.62. The Morgan fingerprint density at radius 1 is 1.12 bits per heavy atom. The molecule has 1 aromatic carbocycles. The third-order valence-electron chi connectivity index (χ3n) is 5.80. The highest BCUT2D eigenvalue weighted by Crippen LogP contribution is 2.44. The third kappa shape index (κ3) is 3.85. The number of nitrogens with zero attached hydrogens (tertiary/aromatic N) is 3. The normalized spacial score (nSPS) is 15.9. The van der Waals surface area contributed by atoms with Gasteiger partial charge in [0.2, 0.25) is 5.78 Å². The van der Waals surface area contributed by atoms with Crippen molar-refractivity contribution in [3.05, 3.63) is 104 Å². The predicted octanol–water partition coefficient (Wildman–Crippen LogP) is 5.66. The lowest BCUT2D eigenvalue weighted by molar-refractivity contribution is -0.130. The van der Waals surface area contributed by atoms with Gasteiger partial charge in [-0.05, 0) is 42.5 Å². The standard InChI is InChI=1S/C26H21N3O3S2/c1-15-10-12-33-23(15)20-19(22(31)26(32)29(20)14-17-7-6-11-27-13-17)21(30)24-16(2)28-25(34-24)18-8-4-3-5-9-18/h3-13,20,31H,14H2,1-2H3. The van der Waals surface area contributed by atoms with Gasteiger partial charge in [0.1, 0.15) is 11.0 Å². The van der Waals surface area contributed by atoms with Gasteiger partial charge in [0, 0.05) is 29.4 Å². The number of aliphatic hydroxyl groups excluding tert-OH is 1. The number of ketones is 1. The molecule has 1 amide bonds. The Morgan fingerprint density at radius 2 is 1.91 bits per heavy atom. The van der Waals surface area contributed by atoms with Crippen LogP contribution in [-0.2, 0) is 11.3 Å². The maximum Gasteiger partial charge on any atom is 0.290 e. The summed E-state index contributed by atoms with van der Waals surface area (Å²) in [5.74, 6) is -1.43. The van der Waals surface area contributed by atoms with Crippen LogP contribution in [0.3, 0.4) is 0 Å². The first kappa shape index (κ1) is 22.2. The van der Waals surface area contributed by atoms with Gasteiger partial charge in [0.25, 0.3) is 5.91 Å². The van der Waals surface area contributed by atoms with E-state index in [4.69, 9.17) is 0 Å². The first-order valence-electron chi connectivity index (χ1n) is 10.7. The molecule has 4 aromatic rings. The summed E-state index contributed by atoms with van der Waals surface area (Å²) in [6, 6.07) is 14.6. The van der Waals surface area contributed by atoms with Gasteiger partial charge in [-0.25, -0.2) is 4.98 Å². The average Bonchev–Trinajstić information content (AvgIpc) is 3.52. The first-order chi connectivity index (χ1) is 16.5. The largest absolute Gasteiger partial charge is 0.503 e. The molecule has 1 N–H and O–H groups in total. The van der Waals surface area contributed by atoms with E-state index >= 15 is 0 Å². The molecule has 6 nitrogen and oxygen atoms in total. The van der Waals surface area contributed by atoms with Gasteiger partial charge in [0.05, 0.1) is 16.1 Å². The zero-order valence-electron chi connectivity index (χ0n) is 18.6. The van der Waals surface area contributed by atoms with Crippen LogP contribution in [0.1, 0.15) is 37.4 Å². The van der Waals surface area contributed by atoms with E-state index in [0.717, 1.165) is 26.6 Å². The van der Waals surface area contributed by atoms with Crippen molar-refractivity contribution >= 4 is 34.4 Å². The maximum atomic E-state index is 13.8. The molecule has 1 aliphatic heterocycles. The van der Waals surface area contributed by atoms with Gasteiger partial charge < -0.3 is 10.0 Å². The number of aromatic nitrogens is 2. The van der Waals surface area contributed by atoms with Crippen LogP contribution in [0.2, 0.25) is 0 Å². The van der Waals surface area contributed by atoms with Crippen molar-refractivity contribution in [2.45, 2.75) is 26.4 Å². The van der Waals surface area contributed by atoms with Gasteiger partial charge >= 0.3 is 0 Å². The van der Waals surface area contributed by atoms with Crippen molar-refractivity contribution in [2.75, 3.05) is 0 Å². The van der Waals surface area contributed by atoms with E-state index < -0.39 is 17.7 Å². The number of aryl methyl sites for hydroxylation is 2. The monoisotopic (exact) mass is 487 g/mol. The van der Waals surface area contributed by atoms with E-state index in [-0.39, 0.29) is 17.9 Å². The SMILES string of the molecule is Cc1ccsc1C1C(C(=O)c2sc(-c3ccccc3)nc2C)=C(O)C(=O)N1Cc1cccnc1. The molecule has 0 saturated carbocycles. The van der Waals surface area contributed by atoms with Crippen molar-refractivity contribution < 1.29 is 14.7 Å². The number of rotatable bonds is 6. The number of hydrogen-bond donors (Lipinski definition) is 1. The van der Waals surface area contributed by atoms with Crippen molar-refractivity contribution in [1.82, 2.24) is 14.9 Å². The number of carbonyl (C=O) groups excluding carboxylic acids is 2. The average molecular weight is 488 g/mol. The molecule has 1 aliphatic rings. The number of carbonyl (C=O) groups is 2. The van der Waals surface area contributed by atoms with Crippen LogP contribution >= 0.6 is 22.7 Å². The summed E-state index contributed by atoms with van der Waals surface area (Å²) < 4.78 is 0. The van der Waals surface area contributed by atoms with Crippen molar-refractivity contribution in [3.63, 3.8) is 0 Å². The number of aliphatic hydroxyl groups is 1. The second-order valence-electron chi connectivity index (χ2n) is 8.06. The fraction of sp³-hybridized carbons (Fsp3) is 0.154. The quantitative estimate of drug-likeness (QED) is 0.355. The summed E-state index contributed by atoms with van der Waals surface area (Å²) in [6.07, 6.45) is 3.35. The molecule has 1 unspecified atom stereocenters. The Bertz CT molecular complexity index is 1410. The van der Waals surface area contributed by atoms with Crippen LogP contribution < -0.4 is 0 Å². The molecule has 170 valence electrons. The number of pyridine rings is 1.